The molecule has 0 aliphatic carbocycles. The Morgan fingerprint density at radius 2 is 1.65 bits per heavy atom. The number of benzene rings is 2. The van der Waals surface area contributed by atoms with Crippen LogP contribution >= 0.6 is 0 Å². The normalized spacial score (nSPS) is 16.0. The maximum atomic E-state index is 12.4. The Morgan fingerprint density at radius 1 is 1.00 bits per heavy atom. The first-order valence-corrected chi connectivity index (χ1v) is 12.4. The van der Waals surface area contributed by atoms with E-state index in [4.69, 9.17) is 0 Å². The molecule has 31 heavy (non-hydrogen) atoms. The number of nitrogens with zero attached hydrogens (tertiary/aromatic N) is 3. The van der Waals surface area contributed by atoms with Gasteiger partial charge in [0.2, 0.25) is 0 Å². The fourth-order valence-electron chi connectivity index (χ4n) is 3.58. The summed E-state index contributed by atoms with van der Waals surface area (Å²) >= 11 is 0. The van der Waals surface area contributed by atoms with Crippen molar-refractivity contribution < 1.29 is 8.42 Å². The van der Waals surface area contributed by atoms with Crippen LogP contribution in [0, 0.1) is 0 Å². The van der Waals surface area contributed by atoms with E-state index < -0.39 is 9.84 Å². The molecule has 0 radical (unpaired) electrons. The molecule has 1 aliphatic heterocycles. The second-order valence-corrected chi connectivity index (χ2v) is 9.67. The smallest absolute Gasteiger partial charge is 0.193 e. The number of rotatable bonds is 8. The maximum Gasteiger partial charge on any atom is 0.193 e. The van der Waals surface area contributed by atoms with Crippen molar-refractivity contribution in [1.29, 1.82) is 0 Å². The van der Waals surface area contributed by atoms with Gasteiger partial charge in [-0.25, -0.2) is 8.42 Å². The standard InChI is InChI=1S/C24H32N4O2S/c1-25-24(26-15-9-21-31(29,30)23-13-6-3-7-14-23)28-19-17-27(18-20-28)16-8-12-22-10-4-2-5-11-22/h2-8,10-14H,9,15-21H2,1H3,(H,25,26)/b12-8+. The van der Waals surface area contributed by atoms with Gasteiger partial charge in [0.15, 0.2) is 15.8 Å². The minimum absolute atomic E-state index is 0.128. The lowest BCUT2D eigenvalue weighted by Gasteiger charge is -2.36. The Bertz CT molecular complexity index is 952. The van der Waals surface area contributed by atoms with Crippen LogP contribution in [0.4, 0.5) is 0 Å². The molecular formula is C24H32N4O2S. The molecule has 1 heterocycles. The van der Waals surface area contributed by atoms with Gasteiger partial charge in [0.25, 0.3) is 0 Å². The molecule has 0 bridgehead atoms. The summed E-state index contributed by atoms with van der Waals surface area (Å²) in [4.78, 5) is 9.43. The van der Waals surface area contributed by atoms with E-state index in [0.717, 1.165) is 38.7 Å². The molecule has 1 aliphatic rings. The molecule has 6 nitrogen and oxygen atoms in total. The van der Waals surface area contributed by atoms with Gasteiger partial charge in [-0.15, -0.1) is 0 Å². The van der Waals surface area contributed by atoms with E-state index in [2.05, 4.69) is 44.4 Å². The zero-order valence-corrected chi connectivity index (χ0v) is 19.0. The van der Waals surface area contributed by atoms with Gasteiger partial charge in [-0.05, 0) is 24.1 Å². The van der Waals surface area contributed by atoms with Gasteiger partial charge >= 0.3 is 0 Å². The minimum atomic E-state index is -3.23. The lowest BCUT2D eigenvalue weighted by Crippen LogP contribution is -2.52. The Morgan fingerprint density at radius 3 is 2.29 bits per heavy atom. The lowest BCUT2D eigenvalue weighted by atomic mass is 10.2. The SMILES string of the molecule is CN=C(NCCCS(=O)(=O)c1ccccc1)N1CCN(C/C=C/c2ccccc2)CC1. The number of aliphatic imine (C=N–C) groups is 1. The van der Waals surface area contributed by atoms with Crippen LogP contribution in [0.1, 0.15) is 12.0 Å². The maximum absolute atomic E-state index is 12.4. The van der Waals surface area contributed by atoms with E-state index in [0.29, 0.717) is 17.9 Å². The first-order valence-electron chi connectivity index (χ1n) is 10.8. The summed E-state index contributed by atoms with van der Waals surface area (Å²) < 4.78 is 24.8. The van der Waals surface area contributed by atoms with E-state index in [1.807, 2.05) is 24.3 Å². The molecule has 1 N–H and O–H groups in total. The van der Waals surface area contributed by atoms with Crippen molar-refractivity contribution in [3.63, 3.8) is 0 Å². The molecule has 1 saturated heterocycles. The van der Waals surface area contributed by atoms with Gasteiger partial charge in [0.1, 0.15) is 0 Å². The third-order valence-corrected chi connectivity index (χ3v) is 7.15. The molecule has 3 rings (SSSR count). The number of hydrogen-bond donors (Lipinski definition) is 1. The number of guanidine groups is 1. The van der Waals surface area contributed by atoms with Crippen LogP contribution in [-0.2, 0) is 9.84 Å². The van der Waals surface area contributed by atoms with Crippen LogP contribution in [0.5, 0.6) is 0 Å². The lowest BCUT2D eigenvalue weighted by molar-refractivity contribution is 0.194. The molecule has 0 unspecified atom stereocenters. The van der Waals surface area contributed by atoms with Gasteiger partial charge in [-0.1, -0.05) is 60.7 Å². The van der Waals surface area contributed by atoms with Gasteiger partial charge < -0.3 is 10.2 Å². The van der Waals surface area contributed by atoms with E-state index in [1.165, 1.54) is 5.56 Å². The van der Waals surface area contributed by atoms with Crippen LogP contribution in [0.15, 0.2) is 76.6 Å². The zero-order valence-electron chi connectivity index (χ0n) is 18.2. The molecule has 0 atom stereocenters. The van der Waals surface area contributed by atoms with Crippen LogP contribution in [0.25, 0.3) is 6.08 Å². The third kappa shape index (κ3) is 7.22. The second kappa shape index (κ2) is 11.7. The zero-order chi connectivity index (χ0) is 21.9. The quantitative estimate of drug-likeness (QED) is 0.388. The van der Waals surface area contributed by atoms with Crippen molar-refractivity contribution in [1.82, 2.24) is 15.1 Å². The molecule has 166 valence electrons. The van der Waals surface area contributed by atoms with Crippen molar-refractivity contribution in [3.8, 4) is 0 Å². The fraction of sp³-hybridized carbons (Fsp3) is 0.375. The molecule has 0 amide bonds. The summed E-state index contributed by atoms with van der Waals surface area (Å²) in [7, 11) is -1.46. The number of hydrogen-bond acceptors (Lipinski definition) is 4. The third-order valence-electron chi connectivity index (χ3n) is 5.33. The first-order chi connectivity index (χ1) is 15.1. The van der Waals surface area contributed by atoms with Crippen LogP contribution < -0.4 is 5.32 Å². The van der Waals surface area contributed by atoms with Crippen LogP contribution in [-0.4, -0.2) is 76.2 Å². The van der Waals surface area contributed by atoms with Crippen LogP contribution in [0.3, 0.4) is 0 Å². The minimum Gasteiger partial charge on any atom is -0.356 e. The van der Waals surface area contributed by atoms with Gasteiger partial charge in [0, 0.05) is 46.3 Å². The highest BCUT2D eigenvalue weighted by atomic mass is 32.2. The molecule has 0 saturated carbocycles. The second-order valence-electron chi connectivity index (χ2n) is 7.56. The largest absolute Gasteiger partial charge is 0.356 e. The van der Waals surface area contributed by atoms with Crippen molar-refractivity contribution >= 4 is 21.9 Å². The van der Waals surface area contributed by atoms with Crippen molar-refractivity contribution in [2.75, 3.05) is 52.1 Å². The van der Waals surface area contributed by atoms with Crippen LogP contribution in [0.2, 0.25) is 0 Å². The monoisotopic (exact) mass is 440 g/mol. The topological polar surface area (TPSA) is 65.0 Å². The predicted octanol–water partition coefficient (Wildman–Crippen LogP) is 2.76. The Balaban J connectivity index is 1.38. The molecule has 7 heteroatoms. The average molecular weight is 441 g/mol. The summed E-state index contributed by atoms with van der Waals surface area (Å²) in [6.45, 7) is 5.28. The molecular weight excluding hydrogens is 408 g/mol. The molecule has 0 aromatic heterocycles. The predicted molar refractivity (Wildman–Crippen MR) is 128 cm³/mol. The van der Waals surface area contributed by atoms with E-state index in [-0.39, 0.29) is 5.75 Å². The molecule has 0 spiro atoms. The summed E-state index contributed by atoms with van der Waals surface area (Å²) in [5.74, 6) is 0.972. The average Bonchev–Trinajstić information content (AvgIpc) is 2.81. The Hall–Kier alpha value is -2.64. The summed E-state index contributed by atoms with van der Waals surface area (Å²) in [6.07, 6.45) is 4.92. The Kier molecular flexibility index (Phi) is 8.67. The molecule has 2 aromatic rings. The van der Waals surface area contributed by atoms with E-state index in [1.54, 1.807) is 31.3 Å². The van der Waals surface area contributed by atoms with Gasteiger partial charge in [-0.3, -0.25) is 9.89 Å². The highest BCUT2D eigenvalue weighted by molar-refractivity contribution is 7.91. The number of piperazine rings is 1. The fourth-order valence-corrected chi connectivity index (χ4v) is 4.92. The van der Waals surface area contributed by atoms with Crippen molar-refractivity contribution in [2.45, 2.75) is 11.3 Å². The number of sulfone groups is 1. The highest BCUT2D eigenvalue weighted by Gasteiger charge is 2.19. The van der Waals surface area contributed by atoms with E-state index >= 15 is 0 Å². The van der Waals surface area contributed by atoms with E-state index in [9.17, 15) is 8.42 Å². The first kappa shape index (κ1) is 23.0. The van der Waals surface area contributed by atoms with Crippen molar-refractivity contribution in [3.05, 3.63) is 72.3 Å². The van der Waals surface area contributed by atoms with Gasteiger partial charge in [0.05, 0.1) is 10.6 Å². The summed E-state index contributed by atoms with van der Waals surface area (Å²) in [5.41, 5.74) is 1.22. The number of nitrogens with one attached hydrogen (secondary N) is 1. The summed E-state index contributed by atoms with van der Waals surface area (Å²) in [5, 5.41) is 3.32. The highest BCUT2D eigenvalue weighted by Crippen LogP contribution is 2.11. The summed E-state index contributed by atoms with van der Waals surface area (Å²) in [6, 6.07) is 19.0. The van der Waals surface area contributed by atoms with Crippen molar-refractivity contribution in [2.24, 2.45) is 4.99 Å². The van der Waals surface area contributed by atoms with Gasteiger partial charge in [-0.2, -0.15) is 0 Å². The Labute approximate surface area is 186 Å². The molecule has 2 aromatic carbocycles. The molecule has 1 fully saturated rings.